The van der Waals surface area contributed by atoms with Crippen molar-refractivity contribution in [2.45, 2.75) is 32.6 Å². The summed E-state index contributed by atoms with van der Waals surface area (Å²) in [6, 6.07) is 21.7. The summed E-state index contributed by atoms with van der Waals surface area (Å²) in [5.74, 6) is 0.764. The van der Waals surface area contributed by atoms with Gasteiger partial charge in [0, 0.05) is 0 Å². The van der Waals surface area contributed by atoms with Gasteiger partial charge in [0.2, 0.25) is 0 Å². The highest BCUT2D eigenvalue weighted by atomic mass is 14.1. The van der Waals surface area contributed by atoms with E-state index in [1.165, 1.54) is 36.8 Å². The Hall–Kier alpha value is -1.56. The molecule has 0 atom stereocenters. The van der Waals surface area contributed by atoms with Crippen LogP contribution in [0.15, 0.2) is 60.7 Å². The van der Waals surface area contributed by atoms with Crippen molar-refractivity contribution in [1.29, 1.82) is 0 Å². The third-order valence-electron chi connectivity index (χ3n) is 3.43. The van der Waals surface area contributed by atoms with E-state index < -0.39 is 0 Å². The van der Waals surface area contributed by atoms with E-state index in [2.05, 4.69) is 67.6 Å². The van der Waals surface area contributed by atoms with Crippen molar-refractivity contribution in [3.63, 3.8) is 0 Å². The summed E-state index contributed by atoms with van der Waals surface area (Å²) in [6.45, 7) is 2.28. The van der Waals surface area contributed by atoms with Crippen LogP contribution < -0.4 is 0 Å². The summed E-state index contributed by atoms with van der Waals surface area (Å²) in [4.78, 5) is 0. The molecule has 0 heterocycles. The van der Waals surface area contributed by atoms with E-state index in [9.17, 15) is 0 Å². The standard InChI is InChI=1S/C18H22/c1-2-9-18(14-16-10-5-3-6-11-16)15-17-12-7-4-8-13-17/h3-8,10-13,18H,2,9,14-15H2,1H3. The van der Waals surface area contributed by atoms with Crippen LogP contribution in [-0.4, -0.2) is 0 Å². The molecule has 0 heteroatoms. The van der Waals surface area contributed by atoms with Crippen molar-refractivity contribution in [2.75, 3.05) is 0 Å². The van der Waals surface area contributed by atoms with E-state index in [0.717, 1.165) is 5.92 Å². The highest BCUT2D eigenvalue weighted by Gasteiger charge is 2.09. The molecule has 2 rings (SSSR count). The summed E-state index contributed by atoms with van der Waals surface area (Å²) >= 11 is 0. The molecule has 0 aliphatic heterocycles. The number of rotatable bonds is 6. The molecule has 0 N–H and O–H groups in total. The van der Waals surface area contributed by atoms with Gasteiger partial charge in [-0.2, -0.15) is 0 Å². The van der Waals surface area contributed by atoms with Gasteiger partial charge in [-0.1, -0.05) is 80.4 Å². The fraction of sp³-hybridized carbons (Fsp3) is 0.333. The molecule has 94 valence electrons. The number of hydrogen-bond donors (Lipinski definition) is 0. The number of benzene rings is 2. The fourth-order valence-electron chi connectivity index (χ4n) is 2.58. The highest BCUT2D eigenvalue weighted by molar-refractivity contribution is 5.18. The van der Waals surface area contributed by atoms with Crippen LogP contribution in [0.3, 0.4) is 0 Å². The van der Waals surface area contributed by atoms with Crippen LogP contribution in [0.25, 0.3) is 0 Å². The van der Waals surface area contributed by atoms with Crippen LogP contribution in [0.5, 0.6) is 0 Å². The molecule has 18 heavy (non-hydrogen) atoms. The van der Waals surface area contributed by atoms with Gasteiger partial charge in [-0.05, 0) is 29.9 Å². The monoisotopic (exact) mass is 238 g/mol. The maximum Gasteiger partial charge on any atom is -0.0247 e. The van der Waals surface area contributed by atoms with Crippen LogP contribution >= 0.6 is 0 Å². The molecular formula is C18H22. The highest BCUT2D eigenvalue weighted by Crippen LogP contribution is 2.19. The lowest BCUT2D eigenvalue weighted by Gasteiger charge is -2.16. The molecule has 0 fully saturated rings. The van der Waals surface area contributed by atoms with Crippen molar-refractivity contribution in [1.82, 2.24) is 0 Å². The second-order valence-electron chi connectivity index (χ2n) is 5.03. The lowest BCUT2D eigenvalue weighted by molar-refractivity contribution is 0.474. The van der Waals surface area contributed by atoms with E-state index in [1.54, 1.807) is 0 Å². The summed E-state index contributed by atoms with van der Waals surface area (Å²) in [6.07, 6.45) is 4.97. The Morgan fingerprint density at radius 2 is 1.17 bits per heavy atom. The van der Waals surface area contributed by atoms with Crippen molar-refractivity contribution >= 4 is 0 Å². The zero-order valence-corrected chi connectivity index (χ0v) is 11.2. The number of hydrogen-bond acceptors (Lipinski definition) is 0. The minimum atomic E-state index is 0.764. The maximum absolute atomic E-state index is 2.28. The van der Waals surface area contributed by atoms with Crippen LogP contribution in [0, 0.1) is 5.92 Å². The van der Waals surface area contributed by atoms with E-state index in [0.29, 0.717) is 0 Å². The van der Waals surface area contributed by atoms with Gasteiger partial charge in [-0.3, -0.25) is 0 Å². The van der Waals surface area contributed by atoms with Crippen molar-refractivity contribution in [3.05, 3.63) is 71.8 Å². The molecule has 0 aliphatic carbocycles. The van der Waals surface area contributed by atoms with Gasteiger partial charge in [0.15, 0.2) is 0 Å². The van der Waals surface area contributed by atoms with E-state index in [4.69, 9.17) is 0 Å². The predicted octanol–water partition coefficient (Wildman–Crippen LogP) is 4.89. The molecule has 2 aromatic rings. The normalized spacial score (nSPS) is 10.8. The molecule has 0 saturated carbocycles. The molecule has 0 nitrogen and oxygen atoms in total. The first-order valence-corrected chi connectivity index (χ1v) is 6.96. The third kappa shape index (κ3) is 4.03. The summed E-state index contributed by atoms with van der Waals surface area (Å²) < 4.78 is 0. The SMILES string of the molecule is CCCC(Cc1ccccc1)Cc1ccccc1. The Bertz CT molecular complexity index is 389. The first-order valence-electron chi connectivity index (χ1n) is 6.96. The van der Waals surface area contributed by atoms with Gasteiger partial charge < -0.3 is 0 Å². The Morgan fingerprint density at radius 1 is 0.722 bits per heavy atom. The van der Waals surface area contributed by atoms with Crippen molar-refractivity contribution < 1.29 is 0 Å². The van der Waals surface area contributed by atoms with Gasteiger partial charge in [0.05, 0.1) is 0 Å². The third-order valence-corrected chi connectivity index (χ3v) is 3.43. The Morgan fingerprint density at radius 3 is 1.56 bits per heavy atom. The first-order chi connectivity index (χ1) is 8.88. The smallest absolute Gasteiger partial charge is 0.0247 e. The summed E-state index contributed by atoms with van der Waals surface area (Å²) in [5.41, 5.74) is 2.93. The molecule has 0 radical (unpaired) electrons. The van der Waals surface area contributed by atoms with Crippen LogP contribution in [0.1, 0.15) is 30.9 Å². The minimum Gasteiger partial charge on any atom is -0.0654 e. The van der Waals surface area contributed by atoms with Gasteiger partial charge in [0.25, 0.3) is 0 Å². The van der Waals surface area contributed by atoms with Crippen LogP contribution in [0.2, 0.25) is 0 Å². The zero-order chi connectivity index (χ0) is 12.6. The zero-order valence-electron chi connectivity index (χ0n) is 11.2. The van der Waals surface area contributed by atoms with Gasteiger partial charge in [-0.25, -0.2) is 0 Å². The van der Waals surface area contributed by atoms with Crippen molar-refractivity contribution in [2.24, 2.45) is 5.92 Å². The maximum atomic E-state index is 2.28. The summed E-state index contributed by atoms with van der Waals surface area (Å²) in [7, 11) is 0. The lowest BCUT2D eigenvalue weighted by Crippen LogP contribution is -2.08. The second-order valence-corrected chi connectivity index (χ2v) is 5.03. The predicted molar refractivity (Wildman–Crippen MR) is 78.7 cm³/mol. The van der Waals surface area contributed by atoms with Crippen LogP contribution in [0.4, 0.5) is 0 Å². The minimum absolute atomic E-state index is 0.764. The topological polar surface area (TPSA) is 0 Å². The quantitative estimate of drug-likeness (QED) is 0.672. The Balaban J connectivity index is 2.00. The average molecular weight is 238 g/mol. The molecule has 0 aliphatic rings. The molecule has 0 aromatic heterocycles. The fourth-order valence-corrected chi connectivity index (χ4v) is 2.58. The Kier molecular flexibility index (Phi) is 5.01. The van der Waals surface area contributed by atoms with E-state index in [1.807, 2.05) is 0 Å². The molecule has 0 saturated heterocycles. The Labute approximate surface area is 111 Å². The van der Waals surface area contributed by atoms with E-state index >= 15 is 0 Å². The molecule has 2 aromatic carbocycles. The average Bonchev–Trinajstić information content (AvgIpc) is 2.41. The van der Waals surface area contributed by atoms with Gasteiger partial charge in [0.1, 0.15) is 0 Å². The largest absolute Gasteiger partial charge is 0.0654 e. The second kappa shape index (κ2) is 7.00. The van der Waals surface area contributed by atoms with Gasteiger partial charge >= 0.3 is 0 Å². The lowest BCUT2D eigenvalue weighted by atomic mass is 9.89. The van der Waals surface area contributed by atoms with Crippen molar-refractivity contribution in [3.8, 4) is 0 Å². The molecular weight excluding hydrogens is 216 g/mol. The van der Waals surface area contributed by atoms with E-state index in [-0.39, 0.29) is 0 Å². The summed E-state index contributed by atoms with van der Waals surface area (Å²) in [5, 5.41) is 0. The van der Waals surface area contributed by atoms with Gasteiger partial charge in [-0.15, -0.1) is 0 Å². The first kappa shape index (κ1) is 12.9. The molecule has 0 unspecified atom stereocenters. The molecule has 0 amide bonds. The molecule has 0 spiro atoms. The molecule has 0 bridgehead atoms. The van der Waals surface area contributed by atoms with Crippen LogP contribution in [-0.2, 0) is 12.8 Å².